The Kier molecular flexibility index (Phi) is 8.79. The zero-order chi connectivity index (χ0) is 24.0. The Hall–Kier alpha value is -3.48. The zero-order valence-corrected chi connectivity index (χ0v) is 21.0. The molecule has 13 heteroatoms. The predicted octanol–water partition coefficient (Wildman–Crippen LogP) is 3.71. The molecule has 10 nitrogen and oxygen atoms in total. The second-order valence-electron chi connectivity index (χ2n) is 6.97. The Morgan fingerprint density at radius 3 is 2.40 bits per heavy atom. The van der Waals surface area contributed by atoms with Gasteiger partial charge in [-0.25, -0.2) is 13.4 Å². The highest BCUT2D eigenvalue weighted by Crippen LogP contribution is 2.24. The lowest BCUT2D eigenvalue weighted by Gasteiger charge is -2.09. The van der Waals surface area contributed by atoms with Crippen LogP contribution in [0.5, 0.6) is 0 Å². The van der Waals surface area contributed by atoms with E-state index in [1.807, 2.05) is 23.6 Å². The van der Waals surface area contributed by atoms with Crippen LogP contribution in [-0.2, 0) is 21.4 Å². The number of thioether (sulfide) groups is 1. The van der Waals surface area contributed by atoms with Gasteiger partial charge in [-0.05, 0) is 55.5 Å². The van der Waals surface area contributed by atoms with Crippen molar-refractivity contribution in [2.24, 2.45) is 0 Å². The number of sulfonamides is 1. The molecule has 0 aliphatic rings. The molecule has 0 atom stereocenters. The lowest BCUT2D eigenvalue weighted by atomic mass is 10.2. The van der Waals surface area contributed by atoms with Gasteiger partial charge < -0.3 is 9.88 Å². The van der Waals surface area contributed by atoms with Crippen molar-refractivity contribution in [1.82, 2.24) is 24.7 Å². The molecule has 0 unspecified atom stereocenters. The van der Waals surface area contributed by atoms with Crippen LogP contribution < -0.4 is 10.0 Å². The average molecular weight is 532 g/mol. The van der Waals surface area contributed by atoms with E-state index in [4.69, 9.17) is 0 Å². The Bertz CT molecular complexity index is 1370. The molecule has 1 aromatic carbocycles. The first-order valence-electron chi connectivity index (χ1n) is 10.3. The molecule has 3 heterocycles. The fraction of sp³-hybridized carbons (Fsp3) is 0.136. The zero-order valence-electron chi connectivity index (χ0n) is 18.5. The SMILES string of the molecule is CCn1c(SCC(=O)Nc2ccc(S(=O)(=O)Nc3ccccn3)cc2)nnc1-c1ccncc1.Cl. The molecule has 4 rings (SSSR count). The summed E-state index contributed by atoms with van der Waals surface area (Å²) in [5.41, 5.74) is 1.38. The summed E-state index contributed by atoms with van der Waals surface area (Å²) in [6.45, 7) is 2.63. The summed E-state index contributed by atoms with van der Waals surface area (Å²) in [5, 5.41) is 11.9. The Morgan fingerprint density at radius 1 is 1.00 bits per heavy atom. The number of nitrogens with one attached hydrogen (secondary N) is 2. The fourth-order valence-corrected chi connectivity index (χ4v) is 4.87. The summed E-state index contributed by atoms with van der Waals surface area (Å²) in [4.78, 5) is 20.5. The first-order chi connectivity index (χ1) is 16.5. The standard InChI is InChI=1S/C22H21N7O3S2.ClH/c1-2-29-21(16-10-13-23-14-11-16)26-27-22(29)33-15-20(30)25-17-6-8-18(9-7-17)34(31,32)28-19-5-3-4-12-24-19;/h3-14H,2,15H2,1H3,(H,24,28)(H,25,30);1H. The highest BCUT2D eigenvalue weighted by molar-refractivity contribution is 7.99. The highest BCUT2D eigenvalue weighted by atomic mass is 35.5. The average Bonchev–Trinajstić information content (AvgIpc) is 3.27. The van der Waals surface area contributed by atoms with Gasteiger partial charge in [0.05, 0.1) is 10.6 Å². The summed E-state index contributed by atoms with van der Waals surface area (Å²) in [7, 11) is -3.78. The smallest absolute Gasteiger partial charge is 0.263 e. The summed E-state index contributed by atoms with van der Waals surface area (Å²) in [6, 6.07) is 14.6. The number of anilines is 2. The largest absolute Gasteiger partial charge is 0.325 e. The van der Waals surface area contributed by atoms with Crippen LogP contribution in [0.15, 0.2) is 83.2 Å². The summed E-state index contributed by atoms with van der Waals surface area (Å²) >= 11 is 1.27. The molecule has 4 aromatic rings. The Balaban J connectivity index is 0.00000342. The Morgan fingerprint density at radius 2 is 1.74 bits per heavy atom. The van der Waals surface area contributed by atoms with E-state index < -0.39 is 10.0 Å². The molecule has 0 aliphatic carbocycles. The van der Waals surface area contributed by atoms with E-state index in [-0.39, 0.29) is 34.8 Å². The van der Waals surface area contributed by atoms with Crippen LogP contribution in [0, 0.1) is 0 Å². The van der Waals surface area contributed by atoms with Gasteiger partial charge in [0.15, 0.2) is 11.0 Å². The third-order valence-corrected chi connectivity index (χ3v) is 6.99. The van der Waals surface area contributed by atoms with E-state index in [2.05, 4.69) is 30.2 Å². The number of amides is 1. The van der Waals surface area contributed by atoms with Crippen LogP contribution in [-0.4, -0.2) is 44.8 Å². The molecule has 0 radical (unpaired) electrons. The van der Waals surface area contributed by atoms with Crippen LogP contribution in [0.1, 0.15) is 6.92 Å². The quantitative estimate of drug-likeness (QED) is 0.312. The molecule has 2 N–H and O–H groups in total. The lowest BCUT2D eigenvalue weighted by molar-refractivity contribution is -0.113. The van der Waals surface area contributed by atoms with Crippen LogP contribution in [0.25, 0.3) is 11.4 Å². The van der Waals surface area contributed by atoms with Crippen LogP contribution in [0.2, 0.25) is 0 Å². The van der Waals surface area contributed by atoms with Gasteiger partial charge in [-0.2, -0.15) is 0 Å². The van der Waals surface area contributed by atoms with Gasteiger partial charge in [0, 0.05) is 36.4 Å². The highest BCUT2D eigenvalue weighted by Gasteiger charge is 2.16. The third-order valence-electron chi connectivity index (χ3n) is 4.66. The molecule has 182 valence electrons. The topological polar surface area (TPSA) is 132 Å². The van der Waals surface area contributed by atoms with Crippen molar-refractivity contribution in [3.63, 3.8) is 0 Å². The molecule has 0 saturated heterocycles. The first-order valence-corrected chi connectivity index (χ1v) is 12.7. The second kappa shape index (κ2) is 11.8. The summed E-state index contributed by atoms with van der Waals surface area (Å²) in [6.07, 6.45) is 4.88. The predicted molar refractivity (Wildman–Crippen MR) is 137 cm³/mol. The maximum absolute atomic E-state index is 12.5. The van der Waals surface area contributed by atoms with Gasteiger partial charge in [-0.1, -0.05) is 17.8 Å². The lowest BCUT2D eigenvalue weighted by Crippen LogP contribution is -2.16. The number of pyridine rings is 2. The number of nitrogens with zero attached hydrogens (tertiary/aromatic N) is 5. The molecule has 3 aromatic heterocycles. The monoisotopic (exact) mass is 531 g/mol. The number of benzene rings is 1. The number of hydrogen-bond donors (Lipinski definition) is 2. The minimum absolute atomic E-state index is 0. The summed E-state index contributed by atoms with van der Waals surface area (Å²) < 4.78 is 29.3. The van der Waals surface area contributed by atoms with E-state index in [0.29, 0.717) is 23.2 Å². The number of carbonyl (C=O) groups excluding carboxylic acids is 1. The second-order valence-corrected chi connectivity index (χ2v) is 9.59. The minimum atomic E-state index is -3.78. The molecule has 35 heavy (non-hydrogen) atoms. The van der Waals surface area contributed by atoms with Gasteiger partial charge in [0.2, 0.25) is 5.91 Å². The van der Waals surface area contributed by atoms with Crippen LogP contribution in [0.3, 0.4) is 0 Å². The fourth-order valence-electron chi connectivity index (χ4n) is 3.06. The molecule has 0 spiro atoms. The maximum atomic E-state index is 12.5. The van der Waals surface area contributed by atoms with Gasteiger partial charge in [0.25, 0.3) is 10.0 Å². The van der Waals surface area contributed by atoms with Crippen molar-refractivity contribution in [3.05, 3.63) is 73.2 Å². The van der Waals surface area contributed by atoms with Gasteiger partial charge in [-0.3, -0.25) is 14.5 Å². The van der Waals surface area contributed by atoms with E-state index in [1.54, 1.807) is 30.6 Å². The van der Waals surface area contributed by atoms with Crippen molar-refractivity contribution in [1.29, 1.82) is 0 Å². The molecular formula is C22H22ClN7O3S2. The van der Waals surface area contributed by atoms with Crippen molar-refractivity contribution in [2.45, 2.75) is 23.5 Å². The van der Waals surface area contributed by atoms with Gasteiger partial charge in [0.1, 0.15) is 5.82 Å². The molecule has 0 fully saturated rings. The normalized spacial score (nSPS) is 10.9. The third kappa shape index (κ3) is 6.56. The molecular weight excluding hydrogens is 510 g/mol. The van der Waals surface area contributed by atoms with Crippen molar-refractivity contribution in [3.8, 4) is 11.4 Å². The number of halogens is 1. The van der Waals surface area contributed by atoms with Crippen molar-refractivity contribution in [2.75, 3.05) is 15.8 Å². The number of hydrogen-bond acceptors (Lipinski definition) is 8. The molecule has 0 aliphatic heterocycles. The maximum Gasteiger partial charge on any atom is 0.263 e. The van der Waals surface area contributed by atoms with Crippen LogP contribution in [0.4, 0.5) is 11.5 Å². The summed E-state index contributed by atoms with van der Waals surface area (Å²) in [5.74, 6) is 0.812. The van der Waals surface area contributed by atoms with Gasteiger partial charge in [-0.15, -0.1) is 22.6 Å². The molecule has 0 saturated carbocycles. The first kappa shape index (κ1) is 26.1. The Labute approximate surface area is 213 Å². The van der Waals surface area contributed by atoms with Crippen molar-refractivity contribution >= 4 is 51.6 Å². The van der Waals surface area contributed by atoms with Gasteiger partial charge >= 0.3 is 0 Å². The molecule has 0 bridgehead atoms. The van der Waals surface area contributed by atoms with E-state index in [1.165, 1.54) is 42.2 Å². The van der Waals surface area contributed by atoms with Crippen LogP contribution >= 0.6 is 24.2 Å². The number of carbonyl (C=O) groups is 1. The van der Waals surface area contributed by atoms with Crippen molar-refractivity contribution < 1.29 is 13.2 Å². The number of aromatic nitrogens is 5. The van der Waals surface area contributed by atoms with E-state index in [9.17, 15) is 13.2 Å². The number of rotatable bonds is 9. The van der Waals surface area contributed by atoms with E-state index in [0.717, 1.165) is 5.56 Å². The minimum Gasteiger partial charge on any atom is -0.325 e. The van der Waals surface area contributed by atoms with E-state index >= 15 is 0 Å². The molecule has 1 amide bonds.